The van der Waals surface area contributed by atoms with E-state index in [-0.39, 0.29) is 5.69 Å². The van der Waals surface area contributed by atoms with Crippen LogP contribution < -0.4 is 5.32 Å². The summed E-state index contributed by atoms with van der Waals surface area (Å²) in [6, 6.07) is 6.62. The molecular formula is C14H13Cl2F2N3. The molecule has 21 heavy (non-hydrogen) atoms. The number of benzene rings is 1. The van der Waals surface area contributed by atoms with Gasteiger partial charge in [-0.25, -0.2) is 18.7 Å². The van der Waals surface area contributed by atoms with Crippen molar-refractivity contribution in [2.45, 2.75) is 19.4 Å². The second kappa shape index (κ2) is 7.64. The van der Waals surface area contributed by atoms with Crippen molar-refractivity contribution in [3.05, 3.63) is 57.6 Å². The van der Waals surface area contributed by atoms with Crippen LogP contribution in [0.5, 0.6) is 0 Å². The van der Waals surface area contributed by atoms with E-state index >= 15 is 0 Å². The van der Waals surface area contributed by atoms with Crippen LogP contribution in [-0.2, 0) is 13.0 Å². The Hall–Kier alpha value is -1.30. The van der Waals surface area contributed by atoms with Gasteiger partial charge in [0.1, 0.15) is 11.5 Å². The molecule has 0 bridgehead atoms. The second-order valence-corrected chi connectivity index (χ2v) is 5.12. The number of nitrogens with zero attached hydrogens (tertiary/aromatic N) is 2. The minimum absolute atomic E-state index is 0.252. The van der Waals surface area contributed by atoms with Gasteiger partial charge in [0.25, 0.3) is 6.43 Å². The maximum Gasteiger partial charge on any atom is 0.280 e. The Kier molecular flexibility index (Phi) is 5.85. The SMILES string of the molecule is FC(F)c1ccnc(CCNCc2cccc(Cl)c2Cl)n1. The number of rotatable bonds is 6. The molecule has 0 saturated heterocycles. The maximum absolute atomic E-state index is 12.5. The topological polar surface area (TPSA) is 37.8 Å². The molecule has 0 atom stereocenters. The molecule has 0 aliphatic carbocycles. The summed E-state index contributed by atoms with van der Waals surface area (Å²) in [5.41, 5.74) is 0.629. The Bertz CT molecular complexity index is 609. The van der Waals surface area contributed by atoms with E-state index in [2.05, 4.69) is 15.3 Å². The number of hydrogen-bond acceptors (Lipinski definition) is 3. The van der Waals surface area contributed by atoms with E-state index in [1.54, 1.807) is 6.07 Å². The summed E-state index contributed by atoms with van der Waals surface area (Å²) in [7, 11) is 0. The maximum atomic E-state index is 12.5. The minimum Gasteiger partial charge on any atom is -0.312 e. The molecule has 0 amide bonds. The van der Waals surface area contributed by atoms with Gasteiger partial charge in [0, 0.05) is 25.7 Å². The van der Waals surface area contributed by atoms with E-state index in [1.807, 2.05) is 12.1 Å². The van der Waals surface area contributed by atoms with Gasteiger partial charge < -0.3 is 5.32 Å². The summed E-state index contributed by atoms with van der Waals surface area (Å²) >= 11 is 12.0. The highest BCUT2D eigenvalue weighted by atomic mass is 35.5. The lowest BCUT2D eigenvalue weighted by molar-refractivity contribution is 0.145. The average Bonchev–Trinajstić information content (AvgIpc) is 2.48. The highest BCUT2D eigenvalue weighted by molar-refractivity contribution is 6.42. The van der Waals surface area contributed by atoms with Gasteiger partial charge in [0.05, 0.1) is 10.0 Å². The van der Waals surface area contributed by atoms with Crippen molar-refractivity contribution < 1.29 is 8.78 Å². The molecule has 1 aromatic carbocycles. The van der Waals surface area contributed by atoms with Crippen molar-refractivity contribution in [1.82, 2.24) is 15.3 Å². The van der Waals surface area contributed by atoms with Crippen LogP contribution in [0, 0.1) is 0 Å². The predicted molar refractivity (Wildman–Crippen MR) is 78.9 cm³/mol. The van der Waals surface area contributed by atoms with Gasteiger partial charge in [0.2, 0.25) is 0 Å². The molecule has 1 N–H and O–H groups in total. The Morgan fingerprint density at radius 2 is 2.00 bits per heavy atom. The van der Waals surface area contributed by atoms with E-state index in [0.29, 0.717) is 35.4 Å². The number of nitrogens with one attached hydrogen (secondary N) is 1. The Morgan fingerprint density at radius 3 is 2.76 bits per heavy atom. The third-order valence-corrected chi connectivity index (χ3v) is 3.68. The molecule has 2 rings (SSSR count). The number of alkyl halides is 2. The van der Waals surface area contributed by atoms with Crippen LogP contribution >= 0.6 is 23.2 Å². The van der Waals surface area contributed by atoms with E-state index in [0.717, 1.165) is 5.56 Å². The first-order valence-corrected chi connectivity index (χ1v) is 7.07. The molecule has 0 fully saturated rings. The standard InChI is InChI=1S/C14H13Cl2F2N3/c15-10-3-1-2-9(13(10)16)8-19-6-5-12-20-7-4-11(21-12)14(17)18/h1-4,7,14,19H,5-6,8H2. The van der Waals surface area contributed by atoms with E-state index in [9.17, 15) is 8.78 Å². The van der Waals surface area contributed by atoms with Gasteiger partial charge in [-0.3, -0.25) is 0 Å². The summed E-state index contributed by atoms with van der Waals surface area (Å²) in [4.78, 5) is 7.77. The third kappa shape index (κ3) is 4.59. The molecule has 2 aromatic rings. The Labute approximate surface area is 131 Å². The van der Waals surface area contributed by atoms with Crippen LogP contribution in [0.15, 0.2) is 30.5 Å². The average molecular weight is 332 g/mol. The lowest BCUT2D eigenvalue weighted by atomic mass is 10.2. The molecule has 1 aromatic heterocycles. The number of aromatic nitrogens is 2. The predicted octanol–water partition coefficient (Wildman–Crippen LogP) is 4.05. The van der Waals surface area contributed by atoms with Gasteiger partial charge in [-0.15, -0.1) is 0 Å². The van der Waals surface area contributed by atoms with Crippen LogP contribution in [0.2, 0.25) is 10.0 Å². The first-order chi connectivity index (χ1) is 10.1. The van der Waals surface area contributed by atoms with E-state index in [4.69, 9.17) is 23.2 Å². The third-order valence-electron chi connectivity index (χ3n) is 2.82. The van der Waals surface area contributed by atoms with Crippen LogP contribution in [0.3, 0.4) is 0 Å². The Balaban J connectivity index is 1.85. The van der Waals surface area contributed by atoms with Gasteiger partial charge in [-0.05, 0) is 17.7 Å². The molecule has 112 valence electrons. The highest BCUT2D eigenvalue weighted by Crippen LogP contribution is 2.25. The van der Waals surface area contributed by atoms with Crippen molar-refractivity contribution in [3.8, 4) is 0 Å². The first-order valence-electron chi connectivity index (χ1n) is 6.31. The molecule has 3 nitrogen and oxygen atoms in total. The summed E-state index contributed by atoms with van der Waals surface area (Å²) in [6.45, 7) is 1.09. The smallest absolute Gasteiger partial charge is 0.280 e. The van der Waals surface area contributed by atoms with Crippen molar-refractivity contribution in [3.63, 3.8) is 0 Å². The largest absolute Gasteiger partial charge is 0.312 e. The fourth-order valence-electron chi connectivity index (χ4n) is 1.77. The zero-order valence-corrected chi connectivity index (χ0v) is 12.5. The fourth-order valence-corrected chi connectivity index (χ4v) is 2.15. The van der Waals surface area contributed by atoms with E-state index < -0.39 is 6.43 Å². The molecule has 1 heterocycles. The quantitative estimate of drug-likeness (QED) is 0.811. The molecule has 7 heteroatoms. The minimum atomic E-state index is -2.58. The zero-order chi connectivity index (χ0) is 15.2. The van der Waals surface area contributed by atoms with Crippen LogP contribution in [0.1, 0.15) is 23.5 Å². The summed E-state index contributed by atoms with van der Waals surface area (Å²) in [5.74, 6) is 0.387. The number of halogens is 4. The van der Waals surface area contributed by atoms with Crippen molar-refractivity contribution in [2.24, 2.45) is 0 Å². The van der Waals surface area contributed by atoms with Crippen molar-refractivity contribution in [2.75, 3.05) is 6.54 Å². The normalized spacial score (nSPS) is 11.1. The van der Waals surface area contributed by atoms with Crippen molar-refractivity contribution in [1.29, 1.82) is 0 Å². The molecular weight excluding hydrogens is 319 g/mol. The van der Waals surface area contributed by atoms with Gasteiger partial charge in [0.15, 0.2) is 0 Å². The lowest BCUT2D eigenvalue weighted by Gasteiger charge is -2.08. The molecule has 0 unspecified atom stereocenters. The van der Waals surface area contributed by atoms with E-state index in [1.165, 1.54) is 12.3 Å². The fraction of sp³-hybridized carbons (Fsp3) is 0.286. The zero-order valence-electron chi connectivity index (χ0n) is 11.0. The molecule has 0 aliphatic rings. The molecule has 0 radical (unpaired) electrons. The summed E-state index contributed by atoms with van der Waals surface area (Å²) < 4.78 is 25.0. The first kappa shape index (κ1) is 16.1. The number of hydrogen-bond donors (Lipinski definition) is 1. The van der Waals surface area contributed by atoms with Crippen LogP contribution in [0.4, 0.5) is 8.78 Å². The highest BCUT2D eigenvalue weighted by Gasteiger charge is 2.09. The van der Waals surface area contributed by atoms with Gasteiger partial charge in [-0.1, -0.05) is 35.3 Å². The summed E-state index contributed by atoms with van der Waals surface area (Å²) in [6.07, 6.45) is -0.777. The molecule has 0 spiro atoms. The van der Waals surface area contributed by atoms with Crippen molar-refractivity contribution >= 4 is 23.2 Å². The summed E-state index contributed by atoms with van der Waals surface area (Å²) in [5, 5.41) is 4.18. The second-order valence-electron chi connectivity index (χ2n) is 4.34. The Morgan fingerprint density at radius 1 is 1.19 bits per heavy atom. The van der Waals surface area contributed by atoms with Crippen LogP contribution in [0.25, 0.3) is 0 Å². The molecule has 0 saturated carbocycles. The van der Waals surface area contributed by atoms with Gasteiger partial charge in [-0.2, -0.15) is 0 Å². The van der Waals surface area contributed by atoms with Gasteiger partial charge >= 0.3 is 0 Å². The molecule has 0 aliphatic heterocycles. The monoisotopic (exact) mass is 331 g/mol. The van der Waals surface area contributed by atoms with Crippen LogP contribution in [-0.4, -0.2) is 16.5 Å². The lowest BCUT2D eigenvalue weighted by Crippen LogP contribution is -2.18.